The van der Waals surface area contributed by atoms with E-state index in [0.29, 0.717) is 0 Å². The quantitative estimate of drug-likeness (QED) is 0.816. The van der Waals surface area contributed by atoms with Crippen LogP contribution in [0.3, 0.4) is 0 Å². The van der Waals surface area contributed by atoms with Crippen LogP contribution in [0.1, 0.15) is 23.6 Å². The first-order valence-electron chi connectivity index (χ1n) is 6.82. The minimum Gasteiger partial charge on any atom is -0.309 e. The minimum absolute atomic E-state index is 0.821. The summed E-state index contributed by atoms with van der Waals surface area (Å²) in [6.07, 6.45) is 1.08. The maximum Gasteiger partial charge on any atom is 0.0211 e. The number of nitrogens with one attached hydrogen (secondary N) is 1. The van der Waals surface area contributed by atoms with Crippen molar-refractivity contribution in [2.24, 2.45) is 0 Å². The lowest BCUT2D eigenvalue weighted by Gasteiger charge is -2.10. The molecule has 0 unspecified atom stereocenters. The standard InChI is InChI=1S/C18H21N/c1-3-16-9-7-8-12-18(16)14-19-13-15(2)17-10-5-4-6-11-17/h4-12,19H,2-3,13-14H2,1H3. The molecule has 0 atom stereocenters. The van der Waals surface area contributed by atoms with E-state index in [-0.39, 0.29) is 0 Å². The molecule has 0 heterocycles. The van der Waals surface area contributed by atoms with Gasteiger partial charge in [0.1, 0.15) is 0 Å². The number of hydrogen-bond donors (Lipinski definition) is 1. The molecule has 0 radical (unpaired) electrons. The van der Waals surface area contributed by atoms with Crippen molar-refractivity contribution in [1.29, 1.82) is 0 Å². The van der Waals surface area contributed by atoms with Crippen LogP contribution in [0, 0.1) is 0 Å². The van der Waals surface area contributed by atoms with Crippen molar-refractivity contribution in [3.05, 3.63) is 77.9 Å². The van der Waals surface area contributed by atoms with Crippen LogP contribution in [-0.4, -0.2) is 6.54 Å². The van der Waals surface area contributed by atoms with E-state index in [1.807, 2.05) is 18.2 Å². The molecule has 2 rings (SSSR count). The van der Waals surface area contributed by atoms with Crippen LogP contribution in [0.2, 0.25) is 0 Å². The van der Waals surface area contributed by atoms with Gasteiger partial charge in [-0.2, -0.15) is 0 Å². The van der Waals surface area contributed by atoms with Gasteiger partial charge in [0.2, 0.25) is 0 Å². The molecule has 1 N–H and O–H groups in total. The topological polar surface area (TPSA) is 12.0 Å². The highest BCUT2D eigenvalue weighted by Crippen LogP contribution is 2.12. The highest BCUT2D eigenvalue weighted by molar-refractivity contribution is 5.64. The van der Waals surface area contributed by atoms with Gasteiger partial charge in [0.25, 0.3) is 0 Å². The van der Waals surface area contributed by atoms with E-state index in [2.05, 4.69) is 55.2 Å². The first kappa shape index (κ1) is 13.6. The Morgan fingerprint density at radius 1 is 0.947 bits per heavy atom. The van der Waals surface area contributed by atoms with Crippen LogP contribution >= 0.6 is 0 Å². The summed E-state index contributed by atoms with van der Waals surface area (Å²) in [5, 5.41) is 3.48. The molecule has 1 nitrogen and oxygen atoms in total. The summed E-state index contributed by atoms with van der Waals surface area (Å²) in [6.45, 7) is 8.05. The van der Waals surface area contributed by atoms with Gasteiger partial charge in [-0.15, -0.1) is 0 Å². The smallest absolute Gasteiger partial charge is 0.0211 e. The van der Waals surface area contributed by atoms with E-state index in [1.54, 1.807) is 0 Å². The van der Waals surface area contributed by atoms with Crippen molar-refractivity contribution in [2.75, 3.05) is 6.54 Å². The van der Waals surface area contributed by atoms with Crippen LogP contribution in [-0.2, 0) is 13.0 Å². The summed E-state index contributed by atoms with van der Waals surface area (Å²) in [6, 6.07) is 18.9. The second-order valence-electron chi connectivity index (χ2n) is 4.70. The third-order valence-corrected chi connectivity index (χ3v) is 3.34. The minimum atomic E-state index is 0.821. The second-order valence-corrected chi connectivity index (χ2v) is 4.70. The molecular formula is C18H21N. The molecule has 0 bridgehead atoms. The Kier molecular flexibility index (Phi) is 4.93. The zero-order chi connectivity index (χ0) is 13.5. The molecule has 0 saturated carbocycles. The third kappa shape index (κ3) is 3.80. The van der Waals surface area contributed by atoms with Crippen molar-refractivity contribution >= 4 is 5.57 Å². The maximum atomic E-state index is 4.14. The summed E-state index contributed by atoms with van der Waals surface area (Å²) < 4.78 is 0. The lowest BCUT2D eigenvalue weighted by Crippen LogP contribution is -2.16. The molecule has 98 valence electrons. The number of aryl methyl sites for hydroxylation is 1. The molecule has 0 aliphatic carbocycles. The molecule has 1 heteroatoms. The average molecular weight is 251 g/mol. The molecule has 0 amide bonds. The normalized spacial score (nSPS) is 10.4. The molecule has 19 heavy (non-hydrogen) atoms. The first-order valence-corrected chi connectivity index (χ1v) is 6.82. The van der Waals surface area contributed by atoms with Crippen molar-refractivity contribution in [3.63, 3.8) is 0 Å². The molecule has 0 spiro atoms. The highest BCUT2D eigenvalue weighted by Gasteiger charge is 2.01. The number of benzene rings is 2. The zero-order valence-corrected chi connectivity index (χ0v) is 11.5. The van der Waals surface area contributed by atoms with Gasteiger partial charge in [0.15, 0.2) is 0 Å². The molecule has 0 aliphatic rings. The van der Waals surface area contributed by atoms with Crippen LogP contribution in [0.15, 0.2) is 61.2 Å². The van der Waals surface area contributed by atoms with E-state index >= 15 is 0 Å². The van der Waals surface area contributed by atoms with E-state index < -0.39 is 0 Å². The van der Waals surface area contributed by atoms with Gasteiger partial charge in [0, 0.05) is 13.1 Å². The first-order chi connectivity index (χ1) is 9.31. The molecule has 0 saturated heterocycles. The summed E-state index contributed by atoms with van der Waals surface area (Å²) in [5.74, 6) is 0. The van der Waals surface area contributed by atoms with Crippen molar-refractivity contribution in [2.45, 2.75) is 19.9 Å². The summed E-state index contributed by atoms with van der Waals surface area (Å²) in [7, 11) is 0. The van der Waals surface area contributed by atoms with E-state index in [9.17, 15) is 0 Å². The monoisotopic (exact) mass is 251 g/mol. The molecule has 0 aliphatic heterocycles. The van der Waals surface area contributed by atoms with E-state index in [1.165, 1.54) is 16.7 Å². The Morgan fingerprint density at radius 3 is 2.26 bits per heavy atom. The molecule has 0 aromatic heterocycles. The van der Waals surface area contributed by atoms with Crippen LogP contribution in [0.25, 0.3) is 5.57 Å². The summed E-state index contributed by atoms with van der Waals surface area (Å²) in [4.78, 5) is 0. The fraction of sp³-hybridized carbons (Fsp3) is 0.222. The Labute approximate surface area is 116 Å². The predicted molar refractivity (Wildman–Crippen MR) is 83.0 cm³/mol. The highest BCUT2D eigenvalue weighted by atomic mass is 14.8. The zero-order valence-electron chi connectivity index (χ0n) is 11.5. The summed E-state index contributed by atoms with van der Waals surface area (Å²) >= 11 is 0. The Bertz CT molecular complexity index is 528. The average Bonchev–Trinajstić information content (AvgIpc) is 2.48. The molecule has 2 aromatic rings. The maximum absolute atomic E-state index is 4.14. The summed E-state index contributed by atoms with van der Waals surface area (Å²) in [5.41, 5.74) is 5.14. The van der Waals surface area contributed by atoms with Crippen molar-refractivity contribution in [1.82, 2.24) is 5.32 Å². The molecular weight excluding hydrogens is 230 g/mol. The fourth-order valence-electron chi connectivity index (χ4n) is 2.20. The number of hydrogen-bond acceptors (Lipinski definition) is 1. The lowest BCUT2D eigenvalue weighted by atomic mass is 10.0. The van der Waals surface area contributed by atoms with Crippen LogP contribution < -0.4 is 5.32 Å². The van der Waals surface area contributed by atoms with Gasteiger partial charge in [-0.05, 0) is 28.7 Å². The van der Waals surface area contributed by atoms with E-state index in [4.69, 9.17) is 0 Å². The third-order valence-electron chi connectivity index (χ3n) is 3.34. The number of rotatable bonds is 6. The SMILES string of the molecule is C=C(CNCc1ccccc1CC)c1ccccc1. The molecule has 2 aromatic carbocycles. The Balaban J connectivity index is 1.88. The Hall–Kier alpha value is -1.86. The lowest BCUT2D eigenvalue weighted by molar-refractivity contribution is 0.759. The van der Waals surface area contributed by atoms with Gasteiger partial charge in [-0.3, -0.25) is 0 Å². The predicted octanol–water partition coefficient (Wildman–Crippen LogP) is 4.05. The van der Waals surface area contributed by atoms with Crippen LogP contribution in [0.5, 0.6) is 0 Å². The Morgan fingerprint density at radius 2 is 1.58 bits per heavy atom. The second kappa shape index (κ2) is 6.91. The van der Waals surface area contributed by atoms with Crippen molar-refractivity contribution < 1.29 is 0 Å². The van der Waals surface area contributed by atoms with Gasteiger partial charge in [-0.25, -0.2) is 0 Å². The van der Waals surface area contributed by atoms with Gasteiger partial charge in [-0.1, -0.05) is 68.1 Å². The van der Waals surface area contributed by atoms with Crippen LogP contribution in [0.4, 0.5) is 0 Å². The van der Waals surface area contributed by atoms with Gasteiger partial charge in [0.05, 0.1) is 0 Å². The largest absolute Gasteiger partial charge is 0.309 e. The molecule has 0 fully saturated rings. The fourth-order valence-corrected chi connectivity index (χ4v) is 2.20. The van der Waals surface area contributed by atoms with Crippen molar-refractivity contribution in [3.8, 4) is 0 Å². The van der Waals surface area contributed by atoms with Gasteiger partial charge < -0.3 is 5.32 Å². The van der Waals surface area contributed by atoms with Gasteiger partial charge >= 0.3 is 0 Å². The van der Waals surface area contributed by atoms with E-state index in [0.717, 1.165) is 25.1 Å².